The molecule has 1 heterocycles. The molecule has 2 aromatic carbocycles. The van der Waals surface area contributed by atoms with Crippen molar-refractivity contribution in [3.63, 3.8) is 0 Å². The lowest BCUT2D eigenvalue weighted by Gasteiger charge is -1.97. The van der Waals surface area contributed by atoms with Gasteiger partial charge < -0.3 is 4.74 Å². The Kier molecular flexibility index (Phi) is 4.30. The van der Waals surface area contributed by atoms with Gasteiger partial charge in [0.15, 0.2) is 0 Å². The van der Waals surface area contributed by atoms with Gasteiger partial charge in [0.2, 0.25) is 0 Å². The highest BCUT2D eigenvalue weighted by molar-refractivity contribution is 7.21. The van der Waals surface area contributed by atoms with Gasteiger partial charge in [0.25, 0.3) is 0 Å². The van der Waals surface area contributed by atoms with Crippen LogP contribution in [0.5, 0.6) is 0 Å². The lowest BCUT2D eigenvalue weighted by atomic mass is 10.2. The van der Waals surface area contributed by atoms with Crippen LogP contribution in [-0.4, -0.2) is 12.1 Å². The molecule has 0 saturated carbocycles. The smallest absolute Gasteiger partial charge is 0.124 e. The highest BCUT2D eigenvalue weighted by atomic mass is 32.1. The first-order valence-electron chi connectivity index (χ1n) is 5.80. The highest BCUT2D eigenvalue weighted by Gasteiger charge is 2.06. The lowest BCUT2D eigenvalue weighted by Crippen LogP contribution is -1.85. The number of hydrogen-bond acceptors (Lipinski definition) is 3. The van der Waals surface area contributed by atoms with Gasteiger partial charge in [-0.2, -0.15) is 0 Å². The van der Waals surface area contributed by atoms with Crippen molar-refractivity contribution in [1.82, 2.24) is 4.98 Å². The van der Waals surface area contributed by atoms with Crippen LogP contribution < -0.4 is 0 Å². The topological polar surface area (TPSA) is 22.1 Å². The summed E-state index contributed by atoms with van der Waals surface area (Å²) in [5, 5.41) is 1.07. The van der Waals surface area contributed by atoms with Crippen molar-refractivity contribution in [2.24, 2.45) is 0 Å². The maximum Gasteiger partial charge on any atom is 0.124 e. The van der Waals surface area contributed by atoms with Crippen molar-refractivity contribution in [3.05, 3.63) is 54.1 Å². The molecule has 0 spiro atoms. The number of aromatic nitrogens is 1. The van der Waals surface area contributed by atoms with Gasteiger partial charge in [-0.1, -0.05) is 43.8 Å². The molecule has 98 valence electrons. The number of methoxy groups -OCH3 is 1. The summed E-state index contributed by atoms with van der Waals surface area (Å²) in [6, 6.07) is 16.6. The van der Waals surface area contributed by atoms with Gasteiger partial charge in [-0.3, -0.25) is 0 Å². The van der Waals surface area contributed by atoms with E-state index in [9.17, 15) is 0 Å². The Morgan fingerprint density at radius 2 is 1.89 bits per heavy atom. The van der Waals surface area contributed by atoms with Gasteiger partial charge in [0, 0.05) is 12.7 Å². The van der Waals surface area contributed by atoms with E-state index in [2.05, 4.69) is 35.3 Å². The van der Waals surface area contributed by atoms with Crippen LogP contribution in [0.25, 0.3) is 20.8 Å². The monoisotopic (exact) mass is 271 g/mol. The van der Waals surface area contributed by atoms with Crippen LogP contribution in [-0.2, 0) is 11.3 Å². The first-order chi connectivity index (χ1) is 8.86. The zero-order valence-electron chi connectivity index (χ0n) is 10.1. The quantitative estimate of drug-likeness (QED) is 0.686. The van der Waals surface area contributed by atoms with Gasteiger partial charge in [0.1, 0.15) is 5.01 Å². The number of ether oxygens (including phenoxy) is 1. The first kappa shape index (κ1) is 13.7. The molecule has 0 atom stereocenters. The van der Waals surface area contributed by atoms with Gasteiger partial charge in [-0.15, -0.1) is 11.3 Å². The van der Waals surface area contributed by atoms with Crippen molar-refractivity contribution in [3.8, 4) is 10.6 Å². The molecule has 2 nitrogen and oxygen atoms in total. The molecule has 0 aliphatic carbocycles. The third-order valence-electron chi connectivity index (χ3n) is 2.78. The Bertz CT molecular complexity index is 661. The van der Waals surface area contributed by atoms with Crippen LogP contribution in [0.3, 0.4) is 0 Å². The predicted octanol–water partition coefficient (Wildman–Crippen LogP) is 4.75. The molecule has 0 saturated heterocycles. The van der Waals surface area contributed by atoms with Crippen LogP contribution in [0.15, 0.2) is 48.5 Å². The van der Waals surface area contributed by atoms with Crippen molar-refractivity contribution in [2.45, 2.75) is 14.0 Å². The van der Waals surface area contributed by atoms with Crippen LogP contribution in [0.2, 0.25) is 0 Å². The van der Waals surface area contributed by atoms with E-state index >= 15 is 0 Å². The summed E-state index contributed by atoms with van der Waals surface area (Å²) in [6.07, 6.45) is 0. The van der Waals surface area contributed by atoms with Gasteiger partial charge in [-0.25, -0.2) is 4.98 Å². The minimum Gasteiger partial charge on any atom is -0.380 e. The Hall–Kier alpha value is -1.71. The Morgan fingerprint density at radius 3 is 2.63 bits per heavy atom. The Labute approximate surface area is 117 Å². The molecule has 0 aliphatic heterocycles. The summed E-state index contributed by atoms with van der Waals surface area (Å²) >= 11 is 1.72. The van der Waals surface area contributed by atoms with Crippen LogP contribution in [0.4, 0.5) is 0 Å². The van der Waals surface area contributed by atoms with E-state index in [1.807, 2.05) is 18.2 Å². The minimum atomic E-state index is 0. The molecule has 3 rings (SSSR count). The van der Waals surface area contributed by atoms with Crippen molar-refractivity contribution < 1.29 is 4.74 Å². The van der Waals surface area contributed by atoms with E-state index in [-0.39, 0.29) is 7.43 Å². The maximum absolute atomic E-state index is 5.15. The molecular weight excluding hydrogens is 254 g/mol. The zero-order chi connectivity index (χ0) is 12.4. The van der Waals surface area contributed by atoms with E-state index < -0.39 is 0 Å². The normalized spacial score (nSPS) is 10.4. The number of rotatable bonds is 3. The standard InChI is InChI=1S/C15H13NOS.CH4/c1-17-10-11-7-8-13-14(9-11)18-15(16-13)12-5-3-2-4-6-12;/h2-9H,10H2,1H3;1H4. The van der Waals surface area contributed by atoms with E-state index in [0.29, 0.717) is 6.61 Å². The average molecular weight is 271 g/mol. The molecule has 0 bridgehead atoms. The molecule has 3 aromatic rings. The van der Waals surface area contributed by atoms with Crippen molar-refractivity contribution >= 4 is 21.6 Å². The van der Waals surface area contributed by atoms with E-state index in [4.69, 9.17) is 4.74 Å². The molecule has 0 radical (unpaired) electrons. The summed E-state index contributed by atoms with van der Waals surface area (Å²) in [4.78, 5) is 4.66. The van der Waals surface area contributed by atoms with Crippen LogP contribution >= 0.6 is 11.3 Å². The second kappa shape index (κ2) is 5.95. The van der Waals surface area contributed by atoms with Crippen molar-refractivity contribution in [1.29, 1.82) is 0 Å². The maximum atomic E-state index is 5.15. The second-order valence-electron chi connectivity index (χ2n) is 4.12. The lowest BCUT2D eigenvalue weighted by molar-refractivity contribution is 0.185. The third kappa shape index (κ3) is 2.83. The summed E-state index contributed by atoms with van der Waals surface area (Å²) in [6.45, 7) is 0.647. The van der Waals surface area contributed by atoms with Gasteiger partial charge in [0.05, 0.1) is 16.8 Å². The van der Waals surface area contributed by atoms with E-state index in [0.717, 1.165) is 10.5 Å². The summed E-state index contributed by atoms with van der Waals surface area (Å²) in [5.74, 6) is 0. The number of fused-ring (bicyclic) bond motifs is 1. The fraction of sp³-hybridized carbons (Fsp3) is 0.188. The number of nitrogens with zero attached hydrogens (tertiary/aromatic N) is 1. The summed E-state index contributed by atoms with van der Waals surface area (Å²) in [5.41, 5.74) is 3.42. The number of benzene rings is 2. The average Bonchev–Trinajstić information content (AvgIpc) is 2.83. The summed E-state index contributed by atoms with van der Waals surface area (Å²) in [7, 11) is 1.71. The SMILES string of the molecule is C.COCc1ccc2nc(-c3ccccc3)sc2c1. The molecule has 19 heavy (non-hydrogen) atoms. The van der Waals surface area contributed by atoms with Gasteiger partial charge >= 0.3 is 0 Å². The predicted molar refractivity (Wildman–Crippen MR) is 82.5 cm³/mol. The van der Waals surface area contributed by atoms with E-state index in [1.54, 1.807) is 18.4 Å². The number of hydrogen-bond donors (Lipinski definition) is 0. The van der Waals surface area contributed by atoms with E-state index in [1.165, 1.54) is 15.8 Å². The molecule has 3 heteroatoms. The molecule has 0 N–H and O–H groups in total. The van der Waals surface area contributed by atoms with Crippen molar-refractivity contribution in [2.75, 3.05) is 7.11 Å². The Balaban J connectivity index is 0.00000133. The zero-order valence-corrected chi connectivity index (χ0v) is 10.9. The fourth-order valence-electron chi connectivity index (χ4n) is 1.93. The largest absolute Gasteiger partial charge is 0.380 e. The van der Waals surface area contributed by atoms with Gasteiger partial charge in [-0.05, 0) is 17.7 Å². The molecule has 0 unspecified atom stereocenters. The molecular formula is C16H17NOS. The van der Waals surface area contributed by atoms with Crippen LogP contribution in [0, 0.1) is 0 Å². The van der Waals surface area contributed by atoms with Crippen LogP contribution in [0.1, 0.15) is 13.0 Å². The molecule has 0 aliphatic rings. The minimum absolute atomic E-state index is 0. The first-order valence-corrected chi connectivity index (χ1v) is 6.62. The molecule has 0 fully saturated rings. The fourth-order valence-corrected chi connectivity index (χ4v) is 2.96. The second-order valence-corrected chi connectivity index (χ2v) is 5.15. The number of thiazole rings is 1. The third-order valence-corrected chi connectivity index (χ3v) is 3.85. The summed E-state index contributed by atoms with van der Waals surface area (Å²) < 4.78 is 6.36. The highest BCUT2D eigenvalue weighted by Crippen LogP contribution is 2.30. The molecule has 1 aromatic heterocycles. The Morgan fingerprint density at radius 1 is 1.11 bits per heavy atom. The molecule has 0 amide bonds.